The van der Waals surface area contributed by atoms with Gasteiger partial charge in [0, 0.05) is 10.2 Å². The summed E-state index contributed by atoms with van der Waals surface area (Å²) in [6.45, 7) is 0. The van der Waals surface area contributed by atoms with Crippen molar-refractivity contribution in [2.45, 2.75) is 43.7 Å². The van der Waals surface area contributed by atoms with Crippen molar-refractivity contribution >= 4 is 31.8 Å². The highest BCUT2D eigenvalue weighted by molar-refractivity contribution is 6.10. The maximum atomic E-state index is 11.9. The molecular formula is C23H26OSi. The fraction of sp³-hybridized carbons (Fsp3) is 0.391. The first-order valence-corrected chi connectivity index (χ1v) is 11.3. The van der Waals surface area contributed by atoms with Crippen molar-refractivity contribution in [3.05, 3.63) is 59.7 Å². The van der Waals surface area contributed by atoms with Gasteiger partial charge in [-0.05, 0) is 76.6 Å². The van der Waals surface area contributed by atoms with Crippen LogP contribution in [0, 0.1) is 11.8 Å². The lowest BCUT2D eigenvalue weighted by Gasteiger charge is -2.35. The molecule has 0 saturated heterocycles. The molecule has 0 heterocycles. The van der Waals surface area contributed by atoms with Gasteiger partial charge in [-0.3, -0.25) is 0 Å². The third-order valence-corrected chi connectivity index (χ3v) is 7.29. The first-order valence-electron chi connectivity index (χ1n) is 9.87. The SMILES string of the molecule is OC1(c2c3ccccc3c(CC[SiH3])c3ccccc23)CC2CCC1C2. The van der Waals surface area contributed by atoms with Crippen molar-refractivity contribution < 1.29 is 5.11 Å². The average Bonchev–Trinajstić information content (AvgIpc) is 3.22. The number of aryl methyl sites for hydroxylation is 1. The van der Waals surface area contributed by atoms with Crippen LogP contribution >= 0.6 is 0 Å². The molecule has 0 spiro atoms. The number of rotatable bonds is 3. The first kappa shape index (κ1) is 15.6. The van der Waals surface area contributed by atoms with E-state index in [2.05, 4.69) is 48.5 Å². The lowest BCUT2D eigenvalue weighted by molar-refractivity contribution is -0.0155. The van der Waals surface area contributed by atoms with Gasteiger partial charge in [-0.1, -0.05) is 54.6 Å². The lowest BCUT2D eigenvalue weighted by atomic mass is 9.74. The van der Waals surface area contributed by atoms with E-state index in [0.717, 1.165) is 12.8 Å². The van der Waals surface area contributed by atoms with E-state index in [4.69, 9.17) is 0 Å². The Balaban J connectivity index is 1.90. The maximum Gasteiger partial charge on any atom is 0.0939 e. The summed E-state index contributed by atoms with van der Waals surface area (Å²) < 4.78 is 0. The van der Waals surface area contributed by atoms with Crippen LogP contribution in [0.2, 0.25) is 6.04 Å². The molecular weight excluding hydrogens is 320 g/mol. The van der Waals surface area contributed by atoms with E-state index in [0.29, 0.717) is 11.8 Å². The molecule has 3 aromatic rings. The van der Waals surface area contributed by atoms with Gasteiger partial charge < -0.3 is 5.11 Å². The van der Waals surface area contributed by atoms with Gasteiger partial charge in [0.25, 0.3) is 0 Å². The smallest absolute Gasteiger partial charge is 0.0939 e. The number of benzene rings is 3. The molecule has 2 bridgehead atoms. The summed E-state index contributed by atoms with van der Waals surface area (Å²) >= 11 is 0. The Bertz CT molecular complexity index is 906. The van der Waals surface area contributed by atoms with Crippen LogP contribution in [0.4, 0.5) is 0 Å². The molecule has 2 aliphatic carbocycles. The molecule has 0 aromatic heterocycles. The predicted octanol–water partition coefficient (Wildman–Crippen LogP) is 4.33. The van der Waals surface area contributed by atoms with Gasteiger partial charge in [0.05, 0.1) is 5.60 Å². The standard InChI is InChI=1S/C23H26OSi/c24-23(14-15-9-10-16(23)13-15)22-20-7-3-1-5-17(20)19(11-12-25)18-6-2-4-8-21(18)22/h1-8,15-16,24H,9-14H2,25H3. The molecule has 0 radical (unpaired) electrons. The number of fused-ring (bicyclic) bond motifs is 4. The van der Waals surface area contributed by atoms with E-state index < -0.39 is 5.60 Å². The Kier molecular flexibility index (Phi) is 3.55. The molecule has 128 valence electrons. The highest BCUT2D eigenvalue weighted by atomic mass is 28.1. The maximum absolute atomic E-state index is 11.9. The summed E-state index contributed by atoms with van der Waals surface area (Å²) in [7, 11) is 1.23. The van der Waals surface area contributed by atoms with E-state index >= 15 is 0 Å². The van der Waals surface area contributed by atoms with Gasteiger partial charge in [-0.25, -0.2) is 0 Å². The topological polar surface area (TPSA) is 20.2 Å². The molecule has 2 aliphatic rings. The second-order valence-corrected chi connectivity index (χ2v) is 9.20. The third kappa shape index (κ3) is 2.17. The Hall–Kier alpha value is -1.64. The van der Waals surface area contributed by atoms with Crippen LogP contribution < -0.4 is 0 Å². The van der Waals surface area contributed by atoms with Crippen molar-refractivity contribution in [2.75, 3.05) is 0 Å². The van der Waals surface area contributed by atoms with Gasteiger partial charge in [0.15, 0.2) is 0 Å². The molecule has 2 heteroatoms. The Morgan fingerprint density at radius 3 is 2.00 bits per heavy atom. The minimum atomic E-state index is -0.637. The minimum Gasteiger partial charge on any atom is -0.385 e. The molecule has 2 saturated carbocycles. The van der Waals surface area contributed by atoms with Crippen LogP contribution in [0.3, 0.4) is 0 Å². The van der Waals surface area contributed by atoms with Crippen LogP contribution in [-0.2, 0) is 12.0 Å². The highest BCUT2D eigenvalue weighted by Gasteiger charge is 2.52. The molecule has 3 unspecified atom stereocenters. The zero-order valence-electron chi connectivity index (χ0n) is 15.0. The molecule has 1 N–H and O–H groups in total. The zero-order chi connectivity index (χ0) is 17.0. The predicted molar refractivity (Wildman–Crippen MR) is 109 cm³/mol. The van der Waals surface area contributed by atoms with E-state index in [-0.39, 0.29) is 0 Å². The highest BCUT2D eigenvalue weighted by Crippen LogP contribution is 2.58. The van der Waals surface area contributed by atoms with E-state index in [1.54, 1.807) is 0 Å². The molecule has 3 aromatic carbocycles. The summed E-state index contributed by atoms with van der Waals surface area (Å²) in [5, 5.41) is 17.2. The summed E-state index contributed by atoms with van der Waals surface area (Å²) in [5.41, 5.74) is 2.07. The summed E-state index contributed by atoms with van der Waals surface area (Å²) in [4.78, 5) is 0. The quantitative estimate of drug-likeness (QED) is 0.553. The van der Waals surface area contributed by atoms with Gasteiger partial charge >= 0.3 is 0 Å². The van der Waals surface area contributed by atoms with Gasteiger partial charge in [0.2, 0.25) is 0 Å². The van der Waals surface area contributed by atoms with Gasteiger partial charge in [0.1, 0.15) is 0 Å². The van der Waals surface area contributed by atoms with Crippen molar-refractivity contribution in [3.8, 4) is 0 Å². The molecule has 0 amide bonds. The number of hydrogen-bond acceptors (Lipinski definition) is 1. The van der Waals surface area contributed by atoms with E-state index in [1.165, 1.54) is 68.2 Å². The fourth-order valence-electron chi connectivity index (χ4n) is 5.81. The Labute approximate surface area is 152 Å². The van der Waals surface area contributed by atoms with Gasteiger partial charge in [-0.2, -0.15) is 0 Å². The van der Waals surface area contributed by atoms with Crippen LogP contribution in [0.15, 0.2) is 48.5 Å². The second-order valence-electron chi connectivity index (χ2n) is 8.20. The average molecular weight is 347 g/mol. The Morgan fingerprint density at radius 2 is 1.52 bits per heavy atom. The largest absolute Gasteiger partial charge is 0.385 e. The van der Waals surface area contributed by atoms with Crippen LogP contribution in [0.5, 0.6) is 0 Å². The Morgan fingerprint density at radius 1 is 0.920 bits per heavy atom. The molecule has 1 nitrogen and oxygen atoms in total. The van der Waals surface area contributed by atoms with Crippen LogP contribution in [-0.4, -0.2) is 15.3 Å². The van der Waals surface area contributed by atoms with Gasteiger partial charge in [-0.15, -0.1) is 0 Å². The number of aliphatic hydroxyl groups is 1. The summed E-state index contributed by atoms with van der Waals surface area (Å²) in [6, 6.07) is 18.9. The van der Waals surface area contributed by atoms with E-state index in [1.807, 2.05) is 0 Å². The molecule has 3 atom stereocenters. The molecule has 5 rings (SSSR count). The zero-order valence-corrected chi connectivity index (χ0v) is 17.0. The monoisotopic (exact) mass is 346 g/mol. The molecule has 0 aliphatic heterocycles. The molecule has 2 fully saturated rings. The fourth-order valence-corrected chi connectivity index (χ4v) is 6.31. The summed E-state index contributed by atoms with van der Waals surface area (Å²) in [6.07, 6.45) is 5.80. The lowest BCUT2D eigenvalue weighted by Crippen LogP contribution is -2.32. The minimum absolute atomic E-state index is 0.439. The first-order chi connectivity index (χ1) is 12.2. The van der Waals surface area contributed by atoms with Crippen molar-refractivity contribution in [1.82, 2.24) is 0 Å². The van der Waals surface area contributed by atoms with Crippen LogP contribution in [0.1, 0.15) is 36.8 Å². The van der Waals surface area contributed by atoms with Crippen molar-refractivity contribution in [1.29, 1.82) is 0 Å². The van der Waals surface area contributed by atoms with Crippen molar-refractivity contribution in [3.63, 3.8) is 0 Å². The normalized spacial score (nSPS) is 28.4. The number of hydrogen-bond donors (Lipinski definition) is 1. The second kappa shape index (κ2) is 5.68. The third-order valence-electron chi connectivity index (χ3n) is 6.79. The summed E-state index contributed by atoms with van der Waals surface area (Å²) in [5.74, 6) is 1.16. The van der Waals surface area contributed by atoms with Crippen molar-refractivity contribution in [2.24, 2.45) is 11.8 Å². The van der Waals surface area contributed by atoms with E-state index in [9.17, 15) is 5.11 Å². The molecule has 25 heavy (non-hydrogen) atoms. The van der Waals surface area contributed by atoms with Crippen LogP contribution in [0.25, 0.3) is 21.5 Å².